The van der Waals surface area contributed by atoms with Crippen LogP contribution in [-0.4, -0.2) is 29.8 Å². The molecular weight excluding hydrogens is 505 g/mol. The maximum absolute atomic E-state index is 13.9. The fourth-order valence-corrected chi connectivity index (χ4v) is 3.18. The van der Waals surface area contributed by atoms with Gasteiger partial charge in [-0.3, -0.25) is 4.79 Å². The van der Waals surface area contributed by atoms with E-state index in [2.05, 4.69) is 15.0 Å². The number of ether oxygens (including phenoxy) is 4. The van der Waals surface area contributed by atoms with Gasteiger partial charge in [0.1, 0.15) is 28.4 Å². The quantitative estimate of drug-likeness (QED) is 0.334. The molecule has 8 nitrogen and oxygen atoms in total. The molecule has 0 spiro atoms. The predicted octanol–water partition coefficient (Wildman–Crippen LogP) is 6.43. The molecule has 1 aromatic heterocycles. The van der Waals surface area contributed by atoms with Gasteiger partial charge < -0.3 is 24.3 Å². The van der Waals surface area contributed by atoms with Crippen molar-refractivity contribution in [1.29, 1.82) is 0 Å². The van der Waals surface area contributed by atoms with Crippen LogP contribution in [0.2, 0.25) is 0 Å². The molecule has 1 heterocycles. The molecule has 3 aromatic rings. The maximum atomic E-state index is 13.9. The van der Waals surface area contributed by atoms with Crippen molar-refractivity contribution >= 4 is 12.1 Å². The lowest BCUT2D eigenvalue weighted by atomic mass is 10.1. The molecule has 11 heteroatoms. The lowest BCUT2D eigenvalue weighted by Gasteiger charge is -2.19. The predicted molar refractivity (Wildman–Crippen MR) is 131 cm³/mol. The van der Waals surface area contributed by atoms with E-state index >= 15 is 0 Å². The summed E-state index contributed by atoms with van der Waals surface area (Å²) in [5.41, 5.74) is -0.789. The third kappa shape index (κ3) is 8.68. The van der Waals surface area contributed by atoms with Gasteiger partial charge in [-0.05, 0) is 62.7 Å². The summed E-state index contributed by atoms with van der Waals surface area (Å²) >= 11 is 0. The molecule has 38 heavy (non-hydrogen) atoms. The van der Waals surface area contributed by atoms with Crippen molar-refractivity contribution in [2.24, 2.45) is 0 Å². The Morgan fingerprint density at radius 3 is 2.32 bits per heavy atom. The second-order valence-corrected chi connectivity index (χ2v) is 9.08. The number of nitrogens with zero attached hydrogens (tertiary/aromatic N) is 1. The van der Waals surface area contributed by atoms with Crippen LogP contribution in [-0.2, 0) is 33.4 Å². The van der Waals surface area contributed by atoms with Crippen LogP contribution in [0.3, 0.4) is 0 Å². The number of carbonyl (C=O) groups excluding carboxylic acids is 2. The van der Waals surface area contributed by atoms with Gasteiger partial charge in [0.15, 0.2) is 0 Å². The lowest BCUT2D eigenvalue weighted by molar-refractivity contribution is -0.140. The summed E-state index contributed by atoms with van der Waals surface area (Å²) in [7, 11) is 1.24. The fraction of sp³-hybridized carbons (Fsp3) is 0.296. The fourth-order valence-electron chi connectivity index (χ4n) is 3.18. The van der Waals surface area contributed by atoms with Crippen LogP contribution in [0.25, 0.3) is 0 Å². The van der Waals surface area contributed by atoms with Crippen molar-refractivity contribution in [1.82, 2.24) is 10.3 Å². The van der Waals surface area contributed by atoms with E-state index in [-0.39, 0.29) is 30.3 Å². The zero-order valence-corrected chi connectivity index (χ0v) is 21.2. The summed E-state index contributed by atoms with van der Waals surface area (Å²) in [6, 6.07) is 14.1. The zero-order valence-electron chi connectivity index (χ0n) is 21.2. The van der Waals surface area contributed by atoms with Crippen molar-refractivity contribution in [2.45, 2.75) is 45.5 Å². The van der Waals surface area contributed by atoms with E-state index in [1.165, 1.54) is 31.4 Å². The molecule has 2 aromatic carbocycles. The average molecular weight is 533 g/mol. The number of halogens is 3. The number of pyridine rings is 1. The molecule has 0 radical (unpaired) electrons. The van der Waals surface area contributed by atoms with Crippen molar-refractivity contribution < 1.29 is 41.7 Å². The van der Waals surface area contributed by atoms with E-state index in [0.717, 1.165) is 12.1 Å². The molecule has 0 saturated heterocycles. The number of amides is 1. The number of alkyl carbamates (subject to hydrolysis) is 1. The SMILES string of the molecule is COC(=O)Cc1cccc(Oc2ccc(Oc3cccc(CNC(=O)OC(C)(C)C)n3)cc2C(F)(F)F)c1. The number of hydrogen-bond acceptors (Lipinski definition) is 7. The highest BCUT2D eigenvalue weighted by Crippen LogP contribution is 2.41. The summed E-state index contributed by atoms with van der Waals surface area (Å²) in [5, 5.41) is 2.55. The van der Waals surface area contributed by atoms with E-state index < -0.39 is 35.2 Å². The molecule has 0 fully saturated rings. The topological polar surface area (TPSA) is 96.0 Å². The first-order valence-corrected chi connectivity index (χ1v) is 11.5. The monoisotopic (exact) mass is 532 g/mol. The van der Waals surface area contributed by atoms with Crippen molar-refractivity contribution in [3.05, 3.63) is 77.5 Å². The summed E-state index contributed by atoms with van der Waals surface area (Å²) in [6.07, 6.45) is -5.43. The van der Waals surface area contributed by atoms with Crippen LogP contribution < -0.4 is 14.8 Å². The molecule has 0 aliphatic heterocycles. The van der Waals surface area contributed by atoms with Crippen LogP contribution in [0.5, 0.6) is 23.1 Å². The van der Waals surface area contributed by atoms with Gasteiger partial charge in [0.2, 0.25) is 5.88 Å². The second-order valence-electron chi connectivity index (χ2n) is 9.08. The number of methoxy groups -OCH3 is 1. The first-order chi connectivity index (χ1) is 17.8. The first kappa shape index (κ1) is 28.3. The summed E-state index contributed by atoms with van der Waals surface area (Å²) in [5.74, 6) is -0.890. The summed E-state index contributed by atoms with van der Waals surface area (Å²) in [4.78, 5) is 27.6. The maximum Gasteiger partial charge on any atom is 0.420 e. The molecule has 1 N–H and O–H groups in total. The van der Waals surface area contributed by atoms with Crippen molar-refractivity contribution in [3.8, 4) is 23.1 Å². The van der Waals surface area contributed by atoms with E-state index in [4.69, 9.17) is 14.2 Å². The highest BCUT2D eigenvalue weighted by molar-refractivity contribution is 5.72. The number of rotatable bonds is 8. The molecule has 0 atom stereocenters. The Hall–Kier alpha value is -4.28. The standard InChI is InChI=1S/C27H27F3N2O6/c1-26(2,3)38-25(34)31-16-18-8-6-10-23(32-18)37-20-11-12-22(21(15-20)27(28,29)30)36-19-9-5-7-17(13-19)14-24(33)35-4/h5-13,15H,14,16H2,1-4H3,(H,31,34). The van der Waals surface area contributed by atoms with E-state index in [0.29, 0.717) is 11.3 Å². The molecule has 3 rings (SSSR count). The number of alkyl halides is 3. The highest BCUT2D eigenvalue weighted by Gasteiger charge is 2.35. The Labute approximate surface area is 217 Å². The Morgan fingerprint density at radius 2 is 1.63 bits per heavy atom. The molecule has 202 valence electrons. The number of esters is 1. The van der Waals surface area contributed by atoms with Crippen molar-refractivity contribution in [3.63, 3.8) is 0 Å². The van der Waals surface area contributed by atoms with Gasteiger partial charge in [0.25, 0.3) is 0 Å². The number of hydrogen-bond donors (Lipinski definition) is 1. The third-order valence-electron chi connectivity index (χ3n) is 4.78. The molecule has 0 aliphatic rings. The Kier molecular flexibility index (Phi) is 8.82. The van der Waals surface area contributed by atoms with Gasteiger partial charge in [-0.2, -0.15) is 13.2 Å². The normalized spacial score (nSPS) is 11.4. The number of benzene rings is 2. The minimum Gasteiger partial charge on any atom is -0.469 e. The zero-order chi connectivity index (χ0) is 27.9. The number of nitrogens with one attached hydrogen (secondary N) is 1. The largest absolute Gasteiger partial charge is 0.469 e. The minimum atomic E-state index is -4.75. The lowest BCUT2D eigenvalue weighted by Crippen LogP contribution is -2.32. The molecule has 0 saturated carbocycles. The van der Waals surface area contributed by atoms with Crippen LogP contribution in [0, 0.1) is 0 Å². The van der Waals surface area contributed by atoms with Gasteiger partial charge in [0, 0.05) is 6.07 Å². The van der Waals surface area contributed by atoms with Crippen LogP contribution in [0.15, 0.2) is 60.7 Å². The summed E-state index contributed by atoms with van der Waals surface area (Å²) in [6.45, 7) is 5.22. The second kappa shape index (κ2) is 11.8. The molecule has 1 amide bonds. The number of carbonyl (C=O) groups is 2. The summed E-state index contributed by atoms with van der Waals surface area (Å²) < 4.78 is 62.4. The highest BCUT2D eigenvalue weighted by atomic mass is 19.4. The van der Waals surface area contributed by atoms with Gasteiger partial charge in [-0.25, -0.2) is 9.78 Å². The third-order valence-corrected chi connectivity index (χ3v) is 4.78. The van der Waals surface area contributed by atoms with Gasteiger partial charge in [-0.1, -0.05) is 18.2 Å². The Morgan fingerprint density at radius 1 is 0.921 bits per heavy atom. The van der Waals surface area contributed by atoms with Crippen LogP contribution in [0.4, 0.5) is 18.0 Å². The Bertz CT molecular complexity index is 1290. The average Bonchev–Trinajstić information content (AvgIpc) is 2.82. The molecule has 0 bridgehead atoms. The number of aromatic nitrogens is 1. The van der Waals surface area contributed by atoms with Gasteiger partial charge in [0.05, 0.1) is 25.8 Å². The van der Waals surface area contributed by atoms with Crippen molar-refractivity contribution in [2.75, 3.05) is 7.11 Å². The van der Waals surface area contributed by atoms with Crippen LogP contribution in [0.1, 0.15) is 37.6 Å². The molecule has 0 aliphatic carbocycles. The van der Waals surface area contributed by atoms with Gasteiger partial charge >= 0.3 is 18.2 Å². The van der Waals surface area contributed by atoms with Gasteiger partial charge in [-0.15, -0.1) is 0 Å². The first-order valence-electron chi connectivity index (χ1n) is 11.5. The van der Waals surface area contributed by atoms with E-state index in [1.54, 1.807) is 45.0 Å². The Balaban J connectivity index is 1.76. The van der Waals surface area contributed by atoms with E-state index in [1.807, 2.05) is 0 Å². The minimum absolute atomic E-state index is 0.0295. The molecule has 0 unspecified atom stereocenters. The smallest absolute Gasteiger partial charge is 0.420 e. The van der Waals surface area contributed by atoms with Crippen LogP contribution >= 0.6 is 0 Å². The van der Waals surface area contributed by atoms with E-state index in [9.17, 15) is 22.8 Å². The molecular formula is C27H27F3N2O6.